The van der Waals surface area contributed by atoms with Gasteiger partial charge in [0.25, 0.3) is 0 Å². The molecule has 174 valence electrons. The zero-order valence-corrected chi connectivity index (χ0v) is 20.5. The van der Waals surface area contributed by atoms with Crippen molar-refractivity contribution in [3.63, 3.8) is 0 Å². The average molecular weight is 473 g/mol. The highest BCUT2D eigenvalue weighted by Crippen LogP contribution is 2.44. The van der Waals surface area contributed by atoms with Crippen molar-refractivity contribution in [2.45, 2.75) is 46.6 Å². The molecule has 1 N–H and O–H groups in total. The number of ether oxygens (including phenoxy) is 1. The van der Waals surface area contributed by atoms with Crippen molar-refractivity contribution in [2.24, 2.45) is 16.3 Å². The standard InChI is InChI=1S/C28H28N2O3S/c1-28(2,3)21-12-13-22-23(15-29)26(34-25(22)14-21)30-16-20-6-4-5-7-24(20)33-17-18-8-10-19(11-9-18)27(31)32/h4-11,16,21H,12-14,17H2,1-3H3,(H,31,32)/t21-/m1/s1. The second kappa shape index (κ2) is 9.82. The van der Waals surface area contributed by atoms with Gasteiger partial charge in [-0.2, -0.15) is 5.26 Å². The summed E-state index contributed by atoms with van der Waals surface area (Å²) in [4.78, 5) is 17.0. The van der Waals surface area contributed by atoms with Gasteiger partial charge < -0.3 is 9.84 Å². The molecule has 0 bridgehead atoms. The number of aromatic carboxylic acids is 1. The van der Waals surface area contributed by atoms with E-state index in [0.29, 0.717) is 23.8 Å². The third-order valence-corrected chi connectivity index (χ3v) is 7.58. The van der Waals surface area contributed by atoms with Crippen LogP contribution in [0, 0.1) is 22.7 Å². The Morgan fingerprint density at radius 2 is 1.97 bits per heavy atom. The lowest BCUT2D eigenvalue weighted by Gasteiger charge is -2.33. The first-order chi connectivity index (χ1) is 16.3. The predicted molar refractivity (Wildman–Crippen MR) is 135 cm³/mol. The molecule has 1 aliphatic rings. The van der Waals surface area contributed by atoms with Crippen molar-refractivity contribution in [3.05, 3.63) is 81.2 Å². The van der Waals surface area contributed by atoms with Crippen molar-refractivity contribution in [2.75, 3.05) is 0 Å². The summed E-state index contributed by atoms with van der Waals surface area (Å²) in [5.41, 5.74) is 4.09. The largest absolute Gasteiger partial charge is 0.488 e. The highest BCUT2D eigenvalue weighted by molar-refractivity contribution is 7.16. The van der Waals surface area contributed by atoms with Crippen LogP contribution in [0.4, 0.5) is 5.00 Å². The average Bonchev–Trinajstić information content (AvgIpc) is 3.18. The maximum absolute atomic E-state index is 11.0. The second-order valence-electron chi connectivity index (χ2n) is 9.69. The van der Waals surface area contributed by atoms with Crippen LogP contribution in [0.15, 0.2) is 53.5 Å². The second-order valence-corrected chi connectivity index (χ2v) is 10.8. The highest BCUT2D eigenvalue weighted by atomic mass is 32.1. The number of carboxylic acid groups (broad SMARTS) is 1. The Bertz CT molecular complexity index is 1260. The summed E-state index contributed by atoms with van der Waals surface area (Å²) in [5.74, 6) is 0.344. The molecule has 0 aliphatic heterocycles. The Balaban J connectivity index is 1.52. The van der Waals surface area contributed by atoms with Gasteiger partial charge in [-0.1, -0.05) is 45.0 Å². The topological polar surface area (TPSA) is 82.7 Å². The zero-order valence-electron chi connectivity index (χ0n) is 19.7. The van der Waals surface area contributed by atoms with Crippen LogP contribution in [0.3, 0.4) is 0 Å². The lowest BCUT2D eigenvalue weighted by atomic mass is 9.72. The van der Waals surface area contributed by atoms with Gasteiger partial charge in [-0.25, -0.2) is 9.79 Å². The van der Waals surface area contributed by atoms with Crippen molar-refractivity contribution < 1.29 is 14.6 Å². The van der Waals surface area contributed by atoms with Gasteiger partial charge in [-0.15, -0.1) is 11.3 Å². The fourth-order valence-electron chi connectivity index (χ4n) is 4.27. The Morgan fingerprint density at radius 1 is 1.24 bits per heavy atom. The summed E-state index contributed by atoms with van der Waals surface area (Å²) in [6.45, 7) is 7.18. The van der Waals surface area contributed by atoms with Gasteiger partial charge in [-0.3, -0.25) is 0 Å². The predicted octanol–water partition coefficient (Wildman–Crippen LogP) is 6.80. The van der Waals surface area contributed by atoms with Crippen LogP contribution in [-0.2, 0) is 19.4 Å². The summed E-state index contributed by atoms with van der Waals surface area (Å²) in [6.07, 6.45) is 4.82. The summed E-state index contributed by atoms with van der Waals surface area (Å²) >= 11 is 1.64. The van der Waals surface area contributed by atoms with Gasteiger partial charge in [0.1, 0.15) is 23.4 Å². The number of nitriles is 1. The molecule has 1 aliphatic carbocycles. The first kappa shape index (κ1) is 23.7. The molecule has 1 heterocycles. The van der Waals surface area contributed by atoms with E-state index in [0.717, 1.165) is 35.4 Å². The number of hydrogen-bond donors (Lipinski definition) is 1. The first-order valence-corrected chi connectivity index (χ1v) is 12.2. The smallest absolute Gasteiger partial charge is 0.335 e. The molecule has 0 amide bonds. The molecule has 5 nitrogen and oxygen atoms in total. The lowest BCUT2D eigenvalue weighted by molar-refractivity contribution is 0.0697. The van der Waals surface area contributed by atoms with Crippen LogP contribution in [-0.4, -0.2) is 17.3 Å². The molecule has 0 unspecified atom stereocenters. The Kier molecular flexibility index (Phi) is 6.85. The third kappa shape index (κ3) is 5.21. The van der Waals surface area contributed by atoms with Gasteiger partial charge in [-0.05, 0) is 66.0 Å². The highest BCUT2D eigenvalue weighted by Gasteiger charge is 2.32. The molecule has 0 saturated heterocycles. The number of thiophene rings is 1. The molecule has 34 heavy (non-hydrogen) atoms. The molecule has 0 fully saturated rings. The monoisotopic (exact) mass is 472 g/mol. The summed E-state index contributed by atoms with van der Waals surface area (Å²) in [7, 11) is 0. The number of rotatable bonds is 6. The minimum absolute atomic E-state index is 0.247. The summed E-state index contributed by atoms with van der Waals surface area (Å²) in [6, 6.07) is 16.7. The molecule has 3 aromatic rings. The molecule has 0 saturated carbocycles. The number of aliphatic imine (C=N–C) groups is 1. The zero-order chi connectivity index (χ0) is 24.3. The number of carbonyl (C=O) groups is 1. The van der Waals surface area contributed by atoms with E-state index in [9.17, 15) is 10.1 Å². The van der Waals surface area contributed by atoms with E-state index in [1.165, 1.54) is 10.4 Å². The molecular weight excluding hydrogens is 444 g/mol. The Hall–Kier alpha value is -3.43. The fourth-order valence-corrected chi connectivity index (χ4v) is 5.49. The fraction of sp³-hybridized carbons (Fsp3) is 0.321. The quantitative estimate of drug-likeness (QED) is 0.400. The Labute approximate surface area is 204 Å². The summed E-state index contributed by atoms with van der Waals surface area (Å²) in [5, 5.41) is 19.6. The van der Waals surface area contributed by atoms with Crippen molar-refractivity contribution >= 4 is 28.5 Å². The van der Waals surface area contributed by atoms with Crippen LogP contribution in [0.2, 0.25) is 0 Å². The minimum atomic E-state index is -0.949. The van der Waals surface area contributed by atoms with E-state index in [1.54, 1.807) is 41.8 Å². The van der Waals surface area contributed by atoms with Gasteiger partial charge in [0.2, 0.25) is 0 Å². The first-order valence-electron chi connectivity index (χ1n) is 11.4. The van der Waals surface area contributed by atoms with Crippen molar-refractivity contribution in [1.82, 2.24) is 0 Å². The van der Waals surface area contributed by atoms with Crippen molar-refractivity contribution in [1.29, 1.82) is 5.26 Å². The van der Waals surface area contributed by atoms with E-state index < -0.39 is 5.97 Å². The molecule has 1 aromatic heterocycles. The number of hydrogen-bond acceptors (Lipinski definition) is 5. The molecular formula is C28H28N2O3S. The van der Waals surface area contributed by atoms with E-state index in [2.05, 4.69) is 26.8 Å². The molecule has 0 radical (unpaired) electrons. The van der Waals surface area contributed by atoms with E-state index in [-0.39, 0.29) is 11.0 Å². The number of benzene rings is 2. The van der Waals surface area contributed by atoms with Gasteiger partial charge in [0, 0.05) is 16.7 Å². The third-order valence-electron chi connectivity index (χ3n) is 6.42. The maximum Gasteiger partial charge on any atom is 0.335 e. The number of nitrogens with zero attached hydrogens (tertiary/aromatic N) is 2. The molecule has 0 spiro atoms. The Morgan fingerprint density at radius 3 is 2.65 bits per heavy atom. The maximum atomic E-state index is 11.0. The molecule has 4 rings (SSSR count). The normalized spacial score (nSPS) is 15.6. The van der Waals surface area contributed by atoms with E-state index in [4.69, 9.17) is 14.8 Å². The molecule has 6 heteroatoms. The minimum Gasteiger partial charge on any atom is -0.488 e. The van der Waals surface area contributed by atoms with Crippen LogP contribution in [0.25, 0.3) is 0 Å². The van der Waals surface area contributed by atoms with Crippen molar-refractivity contribution in [3.8, 4) is 11.8 Å². The van der Waals surface area contributed by atoms with E-state index >= 15 is 0 Å². The summed E-state index contributed by atoms with van der Waals surface area (Å²) < 4.78 is 6.00. The number of para-hydroxylation sites is 1. The molecule has 2 aromatic carbocycles. The van der Waals surface area contributed by atoms with E-state index in [1.807, 2.05) is 24.3 Å². The van der Waals surface area contributed by atoms with Gasteiger partial charge in [0.15, 0.2) is 0 Å². The van der Waals surface area contributed by atoms with Crippen LogP contribution in [0.5, 0.6) is 5.75 Å². The van der Waals surface area contributed by atoms with Gasteiger partial charge >= 0.3 is 5.97 Å². The van der Waals surface area contributed by atoms with Gasteiger partial charge in [0.05, 0.1) is 11.1 Å². The molecule has 1 atom stereocenters. The number of carboxylic acids is 1. The SMILES string of the molecule is CC(C)(C)[C@@H]1CCc2c(sc(N=Cc3ccccc3OCc3ccc(C(=O)O)cc3)c2C#N)C1. The van der Waals surface area contributed by atoms with Crippen LogP contribution in [0.1, 0.15) is 64.7 Å². The number of fused-ring (bicyclic) bond motifs is 1. The lowest BCUT2D eigenvalue weighted by Crippen LogP contribution is -2.26. The van der Waals surface area contributed by atoms with Crippen LogP contribution < -0.4 is 4.74 Å². The van der Waals surface area contributed by atoms with Crippen LogP contribution >= 0.6 is 11.3 Å².